The fraction of sp³-hybridized carbons (Fsp3) is 0.263. The second-order valence-electron chi connectivity index (χ2n) is 5.97. The van der Waals surface area contributed by atoms with E-state index in [4.69, 9.17) is 5.26 Å². The van der Waals surface area contributed by atoms with Gasteiger partial charge in [0.1, 0.15) is 0 Å². The van der Waals surface area contributed by atoms with Gasteiger partial charge in [-0.15, -0.1) is 0 Å². The fourth-order valence-electron chi connectivity index (χ4n) is 2.38. The van der Waals surface area contributed by atoms with E-state index in [1.165, 1.54) is 28.4 Å². The molecule has 7 heteroatoms. The third-order valence-corrected chi connectivity index (χ3v) is 5.82. The van der Waals surface area contributed by atoms with Gasteiger partial charge < -0.3 is 4.90 Å². The number of amides is 1. The van der Waals surface area contributed by atoms with Crippen LogP contribution in [0.5, 0.6) is 0 Å². The van der Waals surface area contributed by atoms with Crippen LogP contribution in [0.15, 0.2) is 53.4 Å². The lowest BCUT2D eigenvalue weighted by atomic mass is 10.2. The average Bonchev–Trinajstić information content (AvgIpc) is 2.65. The number of aryl methyl sites for hydroxylation is 1. The summed E-state index contributed by atoms with van der Waals surface area (Å²) in [5.74, 6) is -0.324. The highest BCUT2D eigenvalue weighted by Gasteiger charge is 2.23. The Morgan fingerprint density at radius 1 is 1.12 bits per heavy atom. The van der Waals surface area contributed by atoms with Gasteiger partial charge >= 0.3 is 0 Å². The normalized spacial score (nSPS) is 10.8. The molecule has 0 aromatic heterocycles. The van der Waals surface area contributed by atoms with Gasteiger partial charge in [-0.2, -0.15) is 5.26 Å². The number of nitrogens with zero attached hydrogens (tertiary/aromatic N) is 3. The SMILES string of the molecule is Cc1ccc(N(C)S(=O)(=O)c2cccc(C(=O)N(C)CCC#N)c2)cc1. The minimum Gasteiger partial charge on any atom is -0.341 e. The number of carbonyl (C=O) groups excluding carboxylic acids is 1. The van der Waals surface area contributed by atoms with Gasteiger partial charge in [0, 0.05) is 26.2 Å². The number of hydrogen-bond acceptors (Lipinski definition) is 4. The molecule has 0 atom stereocenters. The van der Waals surface area contributed by atoms with Crippen LogP contribution in [-0.2, 0) is 10.0 Å². The zero-order valence-corrected chi connectivity index (χ0v) is 15.8. The molecule has 6 nitrogen and oxygen atoms in total. The minimum absolute atomic E-state index is 0.0418. The first-order chi connectivity index (χ1) is 12.3. The number of sulfonamides is 1. The molecule has 0 heterocycles. The van der Waals surface area contributed by atoms with Crippen molar-refractivity contribution < 1.29 is 13.2 Å². The van der Waals surface area contributed by atoms with Gasteiger partial charge in [0.25, 0.3) is 15.9 Å². The Balaban J connectivity index is 2.32. The predicted molar refractivity (Wildman–Crippen MR) is 100 cm³/mol. The maximum atomic E-state index is 12.9. The molecule has 0 spiro atoms. The van der Waals surface area contributed by atoms with Crippen LogP contribution < -0.4 is 4.31 Å². The summed E-state index contributed by atoms with van der Waals surface area (Å²) in [4.78, 5) is 13.9. The molecule has 0 fully saturated rings. The molecule has 2 rings (SSSR count). The largest absolute Gasteiger partial charge is 0.341 e. The Kier molecular flexibility index (Phi) is 6.01. The second kappa shape index (κ2) is 8.02. The Morgan fingerprint density at radius 2 is 1.77 bits per heavy atom. The van der Waals surface area contributed by atoms with Crippen LogP contribution >= 0.6 is 0 Å². The zero-order valence-electron chi connectivity index (χ0n) is 15.0. The van der Waals surface area contributed by atoms with E-state index >= 15 is 0 Å². The molecule has 0 radical (unpaired) electrons. The molecular formula is C19H21N3O3S. The maximum absolute atomic E-state index is 12.9. The van der Waals surface area contributed by atoms with Crippen LogP contribution in [0.1, 0.15) is 22.3 Å². The first-order valence-electron chi connectivity index (χ1n) is 8.05. The van der Waals surface area contributed by atoms with Gasteiger partial charge in [0.2, 0.25) is 0 Å². The molecule has 0 unspecified atom stereocenters. The monoisotopic (exact) mass is 371 g/mol. The number of rotatable bonds is 6. The van der Waals surface area contributed by atoms with Gasteiger partial charge in [-0.3, -0.25) is 9.10 Å². The molecule has 0 bridgehead atoms. The second-order valence-corrected chi connectivity index (χ2v) is 7.94. The maximum Gasteiger partial charge on any atom is 0.264 e. The molecule has 0 N–H and O–H groups in total. The van der Waals surface area contributed by atoms with E-state index in [-0.39, 0.29) is 29.3 Å². The molecule has 1 amide bonds. The first-order valence-corrected chi connectivity index (χ1v) is 9.49. The summed E-state index contributed by atoms with van der Waals surface area (Å²) in [6, 6.07) is 15.1. The lowest BCUT2D eigenvalue weighted by Crippen LogP contribution is -2.29. The van der Waals surface area contributed by atoms with E-state index in [2.05, 4.69) is 0 Å². The third-order valence-electron chi connectivity index (χ3n) is 4.04. The third kappa shape index (κ3) is 4.21. The van der Waals surface area contributed by atoms with Crippen molar-refractivity contribution in [2.75, 3.05) is 24.9 Å². The Labute approximate surface area is 154 Å². The summed E-state index contributed by atoms with van der Waals surface area (Å²) >= 11 is 0. The van der Waals surface area contributed by atoms with Crippen LogP contribution in [0.3, 0.4) is 0 Å². The van der Waals surface area contributed by atoms with Gasteiger partial charge in [-0.05, 0) is 37.3 Å². The molecule has 0 saturated carbocycles. The highest BCUT2D eigenvalue weighted by Crippen LogP contribution is 2.23. The molecule has 2 aromatic rings. The van der Waals surface area contributed by atoms with Gasteiger partial charge in [-0.25, -0.2) is 8.42 Å². The van der Waals surface area contributed by atoms with Crippen molar-refractivity contribution in [2.24, 2.45) is 0 Å². The molecule has 0 saturated heterocycles. The van der Waals surface area contributed by atoms with Crippen LogP contribution in [0.2, 0.25) is 0 Å². The van der Waals surface area contributed by atoms with E-state index in [1.54, 1.807) is 31.3 Å². The molecular weight excluding hydrogens is 350 g/mol. The van der Waals surface area contributed by atoms with E-state index in [0.717, 1.165) is 5.56 Å². The van der Waals surface area contributed by atoms with Crippen molar-refractivity contribution in [2.45, 2.75) is 18.2 Å². The summed E-state index contributed by atoms with van der Waals surface area (Å²) < 4.78 is 27.0. The van der Waals surface area contributed by atoms with E-state index < -0.39 is 10.0 Å². The lowest BCUT2D eigenvalue weighted by molar-refractivity contribution is 0.0798. The van der Waals surface area contributed by atoms with Crippen LogP contribution in [0.4, 0.5) is 5.69 Å². The summed E-state index contributed by atoms with van der Waals surface area (Å²) in [6.07, 6.45) is 0.219. The van der Waals surface area contributed by atoms with E-state index in [1.807, 2.05) is 25.1 Å². The smallest absolute Gasteiger partial charge is 0.264 e. The lowest BCUT2D eigenvalue weighted by Gasteiger charge is -2.20. The van der Waals surface area contributed by atoms with Crippen molar-refractivity contribution >= 4 is 21.6 Å². The zero-order chi connectivity index (χ0) is 19.3. The highest BCUT2D eigenvalue weighted by atomic mass is 32.2. The van der Waals surface area contributed by atoms with Gasteiger partial charge in [0.15, 0.2) is 0 Å². The number of carbonyl (C=O) groups is 1. The topological polar surface area (TPSA) is 81.5 Å². The summed E-state index contributed by atoms with van der Waals surface area (Å²) in [5, 5.41) is 8.63. The van der Waals surface area contributed by atoms with E-state index in [0.29, 0.717) is 5.69 Å². The first kappa shape index (κ1) is 19.5. The van der Waals surface area contributed by atoms with Crippen molar-refractivity contribution in [1.82, 2.24) is 4.90 Å². The molecule has 136 valence electrons. The van der Waals surface area contributed by atoms with Crippen molar-refractivity contribution in [3.63, 3.8) is 0 Å². The number of hydrogen-bond donors (Lipinski definition) is 0. The molecule has 0 aliphatic rings. The quantitative estimate of drug-likeness (QED) is 0.782. The summed E-state index contributed by atoms with van der Waals surface area (Å²) in [6.45, 7) is 2.21. The number of anilines is 1. The standard InChI is InChI=1S/C19H21N3O3S/c1-15-8-10-17(11-9-15)22(3)26(24,25)18-7-4-6-16(14-18)19(23)21(2)13-5-12-20/h4,6-11,14H,5,13H2,1-3H3. The van der Waals surface area contributed by atoms with Crippen LogP contribution in [0, 0.1) is 18.3 Å². The Hall–Kier alpha value is -2.85. The van der Waals surface area contributed by atoms with Crippen LogP contribution in [-0.4, -0.2) is 39.9 Å². The number of nitriles is 1. The fourth-order valence-corrected chi connectivity index (χ4v) is 3.62. The van der Waals surface area contributed by atoms with Gasteiger partial charge in [-0.1, -0.05) is 23.8 Å². The van der Waals surface area contributed by atoms with Crippen molar-refractivity contribution in [1.29, 1.82) is 5.26 Å². The number of benzene rings is 2. The van der Waals surface area contributed by atoms with Crippen LogP contribution in [0.25, 0.3) is 0 Å². The molecule has 0 aliphatic carbocycles. The summed E-state index contributed by atoms with van der Waals surface area (Å²) in [5.41, 5.74) is 1.84. The average molecular weight is 371 g/mol. The Bertz CT molecular complexity index is 931. The molecule has 0 aliphatic heterocycles. The predicted octanol–water partition coefficient (Wildman–Crippen LogP) is 2.81. The Morgan fingerprint density at radius 3 is 2.38 bits per heavy atom. The van der Waals surface area contributed by atoms with E-state index in [9.17, 15) is 13.2 Å². The van der Waals surface area contributed by atoms with Crippen molar-refractivity contribution in [3.8, 4) is 6.07 Å². The van der Waals surface area contributed by atoms with Crippen molar-refractivity contribution in [3.05, 3.63) is 59.7 Å². The molecule has 26 heavy (non-hydrogen) atoms. The van der Waals surface area contributed by atoms with Gasteiger partial charge in [0.05, 0.1) is 23.1 Å². The molecule has 2 aromatic carbocycles. The minimum atomic E-state index is -3.79. The summed E-state index contributed by atoms with van der Waals surface area (Å²) in [7, 11) is -0.731. The highest BCUT2D eigenvalue weighted by molar-refractivity contribution is 7.92.